The van der Waals surface area contributed by atoms with Crippen LogP contribution in [0, 0.1) is 0 Å². The van der Waals surface area contributed by atoms with Crippen LogP contribution in [0.25, 0.3) is 22.6 Å². The number of para-hydroxylation sites is 2. The highest BCUT2D eigenvalue weighted by molar-refractivity contribution is 7.80. The first-order valence-electron chi connectivity index (χ1n) is 8.92. The first kappa shape index (κ1) is 18.6. The SMILES string of the molecule is O=C(Cc1ccccc1)NC(=S)Nc1ccc(-c2nc3ccccc3o2)c(O)c1. The van der Waals surface area contributed by atoms with Crippen LogP contribution in [0.2, 0.25) is 0 Å². The van der Waals surface area contributed by atoms with E-state index in [9.17, 15) is 9.90 Å². The van der Waals surface area contributed by atoms with Crippen LogP contribution in [0.4, 0.5) is 5.69 Å². The number of anilines is 1. The lowest BCUT2D eigenvalue weighted by molar-refractivity contribution is -0.119. The van der Waals surface area contributed by atoms with Crippen molar-refractivity contribution in [2.24, 2.45) is 0 Å². The predicted molar refractivity (Wildman–Crippen MR) is 116 cm³/mol. The maximum Gasteiger partial charge on any atom is 0.231 e. The molecular formula is C22H17N3O3S. The Bertz CT molecular complexity index is 1160. The second-order valence-electron chi connectivity index (χ2n) is 6.38. The molecule has 0 aliphatic heterocycles. The van der Waals surface area contributed by atoms with Crippen LogP contribution in [0.3, 0.4) is 0 Å². The number of hydrogen-bond acceptors (Lipinski definition) is 5. The van der Waals surface area contributed by atoms with Crippen LogP contribution in [0.15, 0.2) is 77.2 Å². The first-order valence-corrected chi connectivity index (χ1v) is 9.33. The van der Waals surface area contributed by atoms with Gasteiger partial charge in [-0.2, -0.15) is 0 Å². The summed E-state index contributed by atoms with van der Waals surface area (Å²) in [6, 6.07) is 21.7. The van der Waals surface area contributed by atoms with Gasteiger partial charge in [0, 0.05) is 11.8 Å². The van der Waals surface area contributed by atoms with E-state index in [1.807, 2.05) is 54.6 Å². The van der Waals surface area contributed by atoms with Gasteiger partial charge in [0.2, 0.25) is 11.8 Å². The van der Waals surface area contributed by atoms with E-state index in [4.69, 9.17) is 16.6 Å². The topological polar surface area (TPSA) is 87.4 Å². The number of nitrogens with zero attached hydrogens (tertiary/aromatic N) is 1. The van der Waals surface area contributed by atoms with Crippen LogP contribution >= 0.6 is 12.2 Å². The van der Waals surface area contributed by atoms with Gasteiger partial charge >= 0.3 is 0 Å². The van der Waals surface area contributed by atoms with E-state index in [0.29, 0.717) is 28.2 Å². The van der Waals surface area contributed by atoms with Crippen molar-refractivity contribution in [3.8, 4) is 17.2 Å². The Balaban J connectivity index is 1.42. The average Bonchev–Trinajstić information content (AvgIpc) is 3.12. The lowest BCUT2D eigenvalue weighted by Crippen LogP contribution is -2.35. The van der Waals surface area contributed by atoms with E-state index in [0.717, 1.165) is 5.56 Å². The van der Waals surface area contributed by atoms with Gasteiger partial charge in [-0.3, -0.25) is 4.79 Å². The van der Waals surface area contributed by atoms with Crippen molar-refractivity contribution in [2.45, 2.75) is 6.42 Å². The Labute approximate surface area is 172 Å². The van der Waals surface area contributed by atoms with Crippen molar-refractivity contribution in [2.75, 3.05) is 5.32 Å². The number of benzene rings is 3. The fourth-order valence-corrected chi connectivity index (χ4v) is 3.12. The van der Waals surface area contributed by atoms with Crippen LogP contribution in [0.5, 0.6) is 5.75 Å². The average molecular weight is 403 g/mol. The van der Waals surface area contributed by atoms with Gasteiger partial charge in [0.1, 0.15) is 11.3 Å². The Kier molecular flexibility index (Phi) is 5.22. The standard InChI is InChI=1S/C22H17N3O3S/c26-18-13-15(23-22(29)25-20(27)12-14-6-2-1-3-7-14)10-11-16(18)21-24-17-8-4-5-9-19(17)28-21/h1-11,13,26H,12H2,(H2,23,25,27,29). The molecule has 0 spiro atoms. The zero-order chi connectivity index (χ0) is 20.2. The number of aromatic nitrogens is 1. The van der Waals surface area contributed by atoms with Gasteiger partial charge in [-0.25, -0.2) is 4.98 Å². The largest absolute Gasteiger partial charge is 0.507 e. The number of rotatable bonds is 4. The highest BCUT2D eigenvalue weighted by Gasteiger charge is 2.13. The third-order valence-corrected chi connectivity index (χ3v) is 4.44. The van der Waals surface area contributed by atoms with Gasteiger partial charge in [-0.1, -0.05) is 42.5 Å². The normalized spacial score (nSPS) is 10.6. The molecule has 1 amide bonds. The molecule has 6 nitrogen and oxygen atoms in total. The number of amides is 1. The molecule has 0 fully saturated rings. The molecule has 144 valence electrons. The molecule has 4 rings (SSSR count). The van der Waals surface area contributed by atoms with Crippen LogP contribution in [-0.2, 0) is 11.2 Å². The maximum atomic E-state index is 12.1. The number of phenols is 1. The molecule has 3 N–H and O–H groups in total. The van der Waals surface area contributed by atoms with Gasteiger partial charge < -0.3 is 20.2 Å². The lowest BCUT2D eigenvalue weighted by atomic mass is 10.1. The van der Waals surface area contributed by atoms with E-state index >= 15 is 0 Å². The summed E-state index contributed by atoms with van der Waals surface area (Å²) in [4.78, 5) is 16.5. The lowest BCUT2D eigenvalue weighted by Gasteiger charge is -2.11. The van der Waals surface area contributed by atoms with Crippen molar-refractivity contribution in [1.29, 1.82) is 0 Å². The number of hydrogen-bond donors (Lipinski definition) is 3. The van der Waals surface area contributed by atoms with Gasteiger partial charge in [0.05, 0.1) is 12.0 Å². The summed E-state index contributed by atoms with van der Waals surface area (Å²) in [7, 11) is 0. The minimum atomic E-state index is -0.221. The number of aromatic hydroxyl groups is 1. The summed E-state index contributed by atoms with van der Waals surface area (Å²) < 4.78 is 5.69. The molecule has 0 atom stereocenters. The molecule has 0 saturated carbocycles. The second kappa shape index (κ2) is 8.12. The summed E-state index contributed by atoms with van der Waals surface area (Å²) in [5.41, 5.74) is 3.25. The molecule has 3 aromatic carbocycles. The number of fused-ring (bicyclic) bond motifs is 1. The van der Waals surface area contributed by atoms with Crippen molar-refractivity contribution in [3.63, 3.8) is 0 Å². The van der Waals surface area contributed by atoms with E-state index in [2.05, 4.69) is 15.6 Å². The van der Waals surface area contributed by atoms with E-state index in [1.54, 1.807) is 12.1 Å². The fraction of sp³-hybridized carbons (Fsp3) is 0.0455. The second-order valence-corrected chi connectivity index (χ2v) is 6.79. The number of nitrogens with one attached hydrogen (secondary N) is 2. The van der Waals surface area contributed by atoms with Crippen molar-refractivity contribution in [1.82, 2.24) is 10.3 Å². The molecule has 4 aromatic rings. The van der Waals surface area contributed by atoms with Gasteiger partial charge in [-0.15, -0.1) is 0 Å². The smallest absolute Gasteiger partial charge is 0.231 e. The fourth-order valence-electron chi connectivity index (χ4n) is 2.89. The third kappa shape index (κ3) is 4.41. The number of carbonyl (C=O) groups excluding carboxylic acids is 1. The number of phenolic OH excluding ortho intramolecular Hbond substituents is 1. The number of oxazole rings is 1. The highest BCUT2D eigenvalue weighted by Crippen LogP contribution is 2.32. The molecule has 0 aliphatic rings. The van der Waals surface area contributed by atoms with Crippen LogP contribution in [0.1, 0.15) is 5.56 Å². The summed E-state index contributed by atoms with van der Waals surface area (Å²) in [5, 5.41) is 16.1. The minimum Gasteiger partial charge on any atom is -0.507 e. The highest BCUT2D eigenvalue weighted by atomic mass is 32.1. The molecule has 0 aliphatic carbocycles. The summed E-state index contributed by atoms with van der Waals surface area (Å²) in [6.07, 6.45) is 0.227. The maximum absolute atomic E-state index is 12.1. The van der Waals surface area contributed by atoms with Gasteiger partial charge in [-0.05, 0) is 42.0 Å². The molecule has 0 bridgehead atoms. The quantitative estimate of drug-likeness (QED) is 0.442. The molecule has 0 unspecified atom stereocenters. The van der Waals surface area contributed by atoms with Crippen molar-refractivity contribution < 1.29 is 14.3 Å². The molecule has 0 radical (unpaired) electrons. The number of carbonyl (C=O) groups is 1. The number of thiocarbonyl (C=S) groups is 1. The molecular weight excluding hydrogens is 386 g/mol. The Morgan fingerprint density at radius 2 is 1.79 bits per heavy atom. The zero-order valence-corrected chi connectivity index (χ0v) is 16.1. The summed E-state index contributed by atoms with van der Waals surface area (Å²) in [6.45, 7) is 0. The molecule has 1 heterocycles. The van der Waals surface area contributed by atoms with Crippen molar-refractivity contribution in [3.05, 3.63) is 78.4 Å². The van der Waals surface area contributed by atoms with E-state index in [-0.39, 0.29) is 23.2 Å². The molecule has 0 saturated heterocycles. The Morgan fingerprint density at radius 1 is 1.03 bits per heavy atom. The minimum absolute atomic E-state index is 0.0139. The Morgan fingerprint density at radius 3 is 2.55 bits per heavy atom. The van der Waals surface area contributed by atoms with Gasteiger partial charge in [0.25, 0.3) is 0 Å². The van der Waals surface area contributed by atoms with Crippen LogP contribution < -0.4 is 10.6 Å². The van der Waals surface area contributed by atoms with Gasteiger partial charge in [0.15, 0.2) is 10.7 Å². The predicted octanol–water partition coefficient (Wildman–Crippen LogP) is 4.26. The van der Waals surface area contributed by atoms with Crippen LogP contribution in [-0.4, -0.2) is 21.1 Å². The van der Waals surface area contributed by atoms with Crippen molar-refractivity contribution >= 4 is 40.0 Å². The first-order chi connectivity index (χ1) is 14.1. The molecule has 1 aromatic heterocycles. The molecule has 29 heavy (non-hydrogen) atoms. The Hall–Kier alpha value is -3.71. The molecule has 7 heteroatoms. The summed E-state index contributed by atoms with van der Waals surface area (Å²) >= 11 is 5.19. The van der Waals surface area contributed by atoms with E-state index in [1.165, 1.54) is 6.07 Å². The monoisotopic (exact) mass is 403 g/mol. The van der Waals surface area contributed by atoms with E-state index < -0.39 is 0 Å². The third-order valence-electron chi connectivity index (χ3n) is 4.24. The summed E-state index contributed by atoms with van der Waals surface area (Å²) in [5.74, 6) is 0.0926. The zero-order valence-electron chi connectivity index (χ0n) is 15.3.